The van der Waals surface area contributed by atoms with Crippen LogP contribution in [0.2, 0.25) is 0 Å². The van der Waals surface area contributed by atoms with E-state index < -0.39 is 0 Å². The van der Waals surface area contributed by atoms with Gasteiger partial charge in [0.1, 0.15) is 11.3 Å². The quantitative estimate of drug-likeness (QED) is 0.665. The van der Waals surface area contributed by atoms with E-state index in [1.807, 2.05) is 36.4 Å². The lowest BCUT2D eigenvalue weighted by Gasteiger charge is -1.87. The Labute approximate surface area is 86.0 Å². The van der Waals surface area contributed by atoms with Gasteiger partial charge in [-0.05, 0) is 12.1 Å². The largest absolute Gasteiger partial charge is 0.455 e. The molecule has 0 aliphatic carbocycles. The van der Waals surface area contributed by atoms with Gasteiger partial charge in [0.25, 0.3) is 0 Å². The highest BCUT2D eigenvalue weighted by Crippen LogP contribution is 2.26. The van der Waals surface area contributed by atoms with Gasteiger partial charge in [0.05, 0.1) is 11.1 Å². The van der Waals surface area contributed by atoms with Gasteiger partial charge in [-0.15, -0.1) is 0 Å². The van der Waals surface area contributed by atoms with Crippen molar-refractivity contribution in [1.82, 2.24) is 0 Å². The maximum Gasteiger partial charge on any atom is 0.147 e. The summed E-state index contributed by atoms with van der Waals surface area (Å²) >= 11 is 5.82. The molecule has 0 atom stereocenters. The van der Waals surface area contributed by atoms with Crippen LogP contribution in [-0.4, -0.2) is 0 Å². The van der Waals surface area contributed by atoms with Crippen LogP contribution in [0.3, 0.4) is 0 Å². The van der Waals surface area contributed by atoms with E-state index in [4.69, 9.17) is 21.3 Å². The van der Waals surface area contributed by atoms with Crippen LogP contribution in [0.5, 0.6) is 0 Å². The third kappa shape index (κ3) is 1.50. The number of nitriles is 1. The van der Waals surface area contributed by atoms with Crippen LogP contribution in [0.15, 0.2) is 40.8 Å². The van der Waals surface area contributed by atoms with Gasteiger partial charge in [-0.3, -0.25) is 0 Å². The smallest absolute Gasteiger partial charge is 0.147 e. The molecule has 3 heteroatoms. The summed E-state index contributed by atoms with van der Waals surface area (Å²) in [6.07, 6.45) is 1.25. The van der Waals surface area contributed by atoms with Crippen LogP contribution < -0.4 is 0 Å². The zero-order valence-corrected chi connectivity index (χ0v) is 7.95. The number of fused-ring (bicyclic) bond motifs is 1. The summed E-state index contributed by atoms with van der Waals surface area (Å²) in [5.41, 5.74) is 0.770. The predicted octanol–water partition coefficient (Wildman–Crippen LogP) is 3.54. The summed E-state index contributed by atoms with van der Waals surface area (Å²) in [6.45, 7) is 0. The van der Waals surface area contributed by atoms with Crippen LogP contribution in [0.1, 0.15) is 5.76 Å². The van der Waals surface area contributed by atoms with Gasteiger partial charge in [0.2, 0.25) is 0 Å². The molecule has 0 bridgehead atoms. The van der Waals surface area contributed by atoms with Gasteiger partial charge in [-0.1, -0.05) is 29.8 Å². The van der Waals surface area contributed by atoms with Crippen molar-refractivity contribution in [2.24, 2.45) is 0 Å². The molecule has 0 radical (unpaired) electrons. The lowest BCUT2D eigenvalue weighted by atomic mass is 10.2. The average molecular weight is 204 g/mol. The molecule has 0 saturated carbocycles. The fraction of sp³-hybridized carbons (Fsp3) is 0. The lowest BCUT2D eigenvalue weighted by Crippen LogP contribution is -1.67. The number of nitrogens with zero attached hydrogens (tertiary/aromatic N) is 1. The van der Waals surface area contributed by atoms with Gasteiger partial charge in [0, 0.05) is 11.5 Å². The highest BCUT2D eigenvalue weighted by atomic mass is 35.5. The maximum absolute atomic E-state index is 8.42. The summed E-state index contributed by atoms with van der Waals surface area (Å²) in [5.74, 6) is 0.523. The molecule has 1 aromatic carbocycles. The molecule has 2 aromatic rings. The molecule has 2 nitrogen and oxygen atoms in total. The van der Waals surface area contributed by atoms with Crippen LogP contribution in [0, 0.1) is 11.3 Å². The number of hydrogen-bond acceptors (Lipinski definition) is 2. The third-order valence-corrected chi connectivity index (χ3v) is 2.15. The number of hydrogen-bond donors (Lipinski definition) is 0. The number of rotatable bonds is 1. The Hall–Kier alpha value is -1.72. The molecule has 0 unspecified atom stereocenters. The van der Waals surface area contributed by atoms with Gasteiger partial charge >= 0.3 is 0 Å². The Kier molecular flexibility index (Phi) is 2.26. The second kappa shape index (κ2) is 3.57. The third-order valence-electron chi connectivity index (χ3n) is 1.85. The molecule has 0 saturated heterocycles. The number of para-hydroxylation sites is 1. The predicted molar refractivity (Wildman–Crippen MR) is 55.7 cm³/mol. The van der Waals surface area contributed by atoms with Crippen LogP contribution in [0.4, 0.5) is 0 Å². The van der Waals surface area contributed by atoms with Crippen LogP contribution in [-0.2, 0) is 0 Å². The molecule has 0 amide bonds. The van der Waals surface area contributed by atoms with E-state index in [1.165, 1.54) is 6.08 Å². The molecule has 68 valence electrons. The molecule has 14 heavy (non-hydrogen) atoms. The standard InChI is InChI=1S/C11H6ClNO/c12-9(5-6-13)11-7-8-3-1-2-4-10(8)14-11/h1-5,7H/b9-5+. The van der Waals surface area contributed by atoms with Crippen molar-refractivity contribution in [3.63, 3.8) is 0 Å². The van der Waals surface area contributed by atoms with E-state index >= 15 is 0 Å². The Morgan fingerprint density at radius 3 is 2.93 bits per heavy atom. The summed E-state index contributed by atoms with van der Waals surface area (Å²) in [4.78, 5) is 0. The van der Waals surface area contributed by atoms with E-state index in [-0.39, 0.29) is 0 Å². The van der Waals surface area contributed by atoms with E-state index in [2.05, 4.69) is 0 Å². The average Bonchev–Trinajstić information content (AvgIpc) is 2.61. The van der Waals surface area contributed by atoms with Gasteiger partial charge in [-0.25, -0.2) is 0 Å². The van der Waals surface area contributed by atoms with E-state index in [1.54, 1.807) is 0 Å². The molecular formula is C11H6ClNO. The fourth-order valence-electron chi connectivity index (χ4n) is 1.23. The molecule has 2 rings (SSSR count). The topological polar surface area (TPSA) is 36.9 Å². The summed E-state index contributed by atoms with van der Waals surface area (Å²) < 4.78 is 5.43. The fourth-order valence-corrected chi connectivity index (χ4v) is 1.37. The highest BCUT2D eigenvalue weighted by molar-refractivity contribution is 6.48. The van der Waals surface area contributed by atoms with Crippen molar-refractivity contribution in [3.8, 4) is 6.07 Å². The maximum atomic E-state index is 8.42. The SMILES string of the molecule is N#C/C=C(/Cl)c1cc2ccccc2o1. The van der Waals surface area contributed by atoms with Gasteiger partial charge < -0.3 is 4.42 Å². The van der Waals surface area contributed by atoms with Crippen LogP contribution >= 0.6 is 11.6 Å². The van der Waals surface area contributed by atoms with E-state index in [0.29, 0.717) is 10.8 Å². The summed E-state index contributed by atoms with van der Waals surface area (Å²) in [7, 11) is 0. The minimum atomic E-state index is 0.323. The number of allylic oxidation sites excluding steroid dienone is 1. The lowest BCUT2D eigenvalue weighted by molar-refractivity contribution is 0.603. The first-order valence-corrected chi connectivity index (χ1v) is 4.43. The number of halogens is 1. The van der Waals surface area contributed by atoms with Crippen molar-refractivity contribution in [1.29, 1.82) is 5.26 Å². The van der Waals surface area contributed by atoms with Crippen molar-refractivity contribution in [2.75, 3.05) is 0 Å². The van der Waals surface area contributed by atoms with Gasteiger partial charge in [0.15, 0.2) is 0 Å². The Balaban J connectivity index is 2.57. The second-order valence-electron chi connectivity index (χ2n) is 2.77. The van der Waals surface area contributed by atoms with Crippen LogP contribution in [0.25, 0.3) is 16.0 Å². The van der Waals surface area contributed by atoms with Crippen molar-refractivity contribution in [3.05, 3.63) is 42.2 Å². The first-order valence-electron chi connectivity index (χ1n) is 4.05. The van der Waals surface area contributed by atoms with Crippen molar-refractivity contribution in [2.45, 2.75) is 0 Å². The minimum absolute atomic E-state index is 0.323. The normalized spacial score (nSPS) is 11.6. The molecule has 0 fully saturated rings. The molecule has 0 spiro atoms. The number of furan rings is 1. The van der Waals surface area contributed by atoms with E-state index in [0.717, 1.165) is 11.0 Å². The Morgan fingerprint density at radius 1 is 1.43 bits per heavy atom. The first-order chi connectivity index (χ1) is 6.81. The Bertz CT molecular complexity index is 500. The number of benzene rings is 1. The zero-order valence-electron chi connectivity index (χ0n) is 7.20. The Morgan fingerprint density at radius 2 is 2.21 bits per heavy atom. The molecular weight excluding hydrogens is 198 g/mol. The molecule has 0 N–H and O–H groups in total. The first kappa shape index (κ1) is 8.86. The van der Waals surface area contributed by atoms with E-state index in [9.17, 15) is 0 Å². The minimum Gasteiger partial charge on any atom is -0.455 e. The van der Waals surface area contributed by atoms with Crippen molar-refractivity contribution < 1.29 is 4.42 Å². The van der Waals surface area contributed by atoms with Crippen molar-refractivity contribution >= 4 is 27.6 Å². The zero-order chi connectivity index (χ0) is 9.97. The van der Waals surface area contributed by atoms with Gasteiger partial charge in [-0.2, -0.15) is 5.26 Å². The summed E-state index contributed by atoms with van der Waals surface area (Å²) in [5, 5.41) is 9.72. The second-order valence-corrected chi connectivity index (χ2v) is 3.18. The summed E-state index contributed by atoms with van der Waals surface area (Å²) in [6, 6.07) is 11.3. The molecule has 0 aliphatic heterocycles. The molecule has 0 aliphatic rings. The monoisotopic (exact) mass is 203 g/mol. The highest BCUT2D eigenvalue weighted by Gasteiger charge is 2.05. The molecule has 1 heterocycles. The molecule has 1 aromatic heterocycles.